The number of hydrogen-bond donors (Lipinski definition) is 1. The Labute approximate surface area is 208 Å². The van der Waals surface area contributed by atoms with E-state index < -0.39 is 5.97 Å². The largest absolute Gasteiger partial charge is 0.480 e. The van der Waals surface area contributed by atoms with Crippen LogP contribution in [0.15, 0.2) is 35.3 Å². The number of aryl methyl sites for hydroxylation is 2. The number of halogens is 1. The van der Waals surface area contributed by atoms with Crippen molar-refractivity contribution >= 4 is 34.5 Å². The minimum absolute atomic E-state index is 0.0831. The molecule has 3 aromatic rings. The fraction of sp³-hybridized carbons (Fsp3) is 0.400. The van der Waals surface area contributed by atoms with Crippen LogP contribution < -0.4 is 4.90 Å². The molecule has 35 heavy (non-hydrogen) atoms. The summed E-state index contributed by atoms with van der Waals surface area (Å²) >= 11 is 1.54. The average Bonchev–Trinajstić information content (AvgIpc) is 3.44. The third-order valence-electron chi connectivity index (χ3n) is 6.25. The summed E-state index contributed by atoms with van der Waals surface area (Å²) in [6.45, 7) is 9.25. The predicted octanol–water partition coefficient (Wildman–Crippen LogP) is 4.30. The van der Waals surface area contributed by atoms with Gasteiger partial charge in [-0.25, -0.2) is 14.4 Å². The number of allylic oxidation sites excluding steroid dienone is 1. The maximum Gasteiger partial charge on any atom is 0.317 e. The van der Waals surface area contributed by atoms with Gasteiger partial charge < -0.3 is 14.9 Å². The van der Waals surface area contributed by atoms with Gasteiger partial charge >= 0.3 is 5.97 Å². The van der Waals surface area contributed by atoms with Crippen LogP contribution in [0.5, 0.6) is 0 Å². The van der Waals surface area contributed by atoms with Crippen molar-refractivity contribution in [2.75, 3.05) is 44.7 Å². The number of benzene rings is 1. The van der Waals surface area contributed by atoms with E-state index in [2.05, 4.69) is 34.4 Å². The Morgan fingerprint density at radius 3 is 2.51 bits per heavy atom. The average molecular weight is 499 g/mol. The Hall–Kier alpha value is -3.24. The molecule has 0 unspecified atom stereocenters. The summed E-state index contributed by atoms with van der Waals surface area (Å²) in [5.74, 6) is 0.805. The summed E-state index contributed by atoms with van der Waals surface area (Å²) in [6.07, 6.45) is 2.89. The molecule has 8 nitrogen and oxygen atoms in total. The van der Waals surface area contributed by atoms with Gasteiger partial charge in [-0.2, -0.15) is 0 Å². The van der Waals surface area contributed by atoms with Crippen molar-refractivity contribution in [3.63, 3.8) is 0 Å². The lowest BCUT2D eigenvalue weighted by molar-refractivity contribution is -0.138. The molecule has 0 aliphatic carbocycles. The van der Waals surface area contributed by atoms with Crippen LogP contribution in [0.25, 0.3) is 17.5 Å². The SMILES string of the molecule is CCc1nc(C)n(/C=C(\C)N2CCN(CC(=O)O)CC2)c1N(C)c1nc(-c2ccc(F)cc2)cs1. The molecule has 0 radical (unpaired) electrons. The summed E-state index contributed by atoms with van der Waals surface area (Å²) in [5, 5.41) is 11.9. The van der Waals surface area contributed by atoms with E-state index in [-0.39, 0.29) is 12.4 Å². The molecule has 1 saturated heterocycles. The number of carboxylic acid groups (broad SMARTS) is 1. The van der Waals surface area contributed by atoms with Crippen LogP contribution in [0.2, 0.25) is 0 Å². The molecule has 1 aliphatic rings. The van der Waals surface area contributed by atoms with E-state index in [1.54, 1.807) is 12.1 Å². The van der Waals surface area contributed by atoms with Crippen molar-refractivity contribution < 1.29 is 14.3 Å². The normalized spacial score (nSPS) is 15.0. The monoisotopic (exact) mass is 498 g/mol. The van der Waals surface area contributed by atoms with Crippen molar-refractivity contribution in [2.24, 2.45) is 0 Å². The second kappa shape index (κ2) is 10.6. The predicted molar refractivity (Wildman–Crippen MR) is 138 cm³/mol. The number of hydrogen-bond acceptors (Lipinski definition) is 7. The third kappa shape index (κ3) is 5.54. The number of aromatic nitrogens is 3. The van der Waals surface area contributed by atoms with E-state index in [0.717, 1.165) is 72.0 Å². The van der Waals surface area contributed by atoms with Crippen molar-refractivity contribution in [1.82, 2.24) is 24.3 Å². The molecular weight excluding hydrogens is 467 g/mol. The van der Waals surface area contributed by atoms with Gasteiger partial charge in [-0.15, -0.1) is 11.3 Å². The second-order valence-electron chi connectivity index (χ2n) is 8.66. The quantitative estimate of drug-likeness (QED) is 0.496. The zero-order chi connectivity index (χ0) is 25.1. The number of carboxylic acids is 1. The van der Waals surface area contributed by atoms with Crippen molar-refractivity contribution in [3.8, 4) is 11.3 Å². The lowest BCUT2D eigenvalue weighted by Gasteiger charge is -2.35. The zero-order valence-corrected chi connectivity index (χ0v) is 21.3. The highest BCUT2D eigenvalue weighted by molar-refractivity contribution is 7.14. The van der Waals surface area contributed by atoms with E-state index in [4.69, 9.17) is 15.1 Å². The van der Waals surface area contributed by atoms with E-state index in [1.807, 2.05) is 24.3 Å². The van der Waals surface area contributed by atoms with Gasteiger partial charge in [-0.1, -0.05) is 6.92 Å². The van der Waals surface area contributed by atoms with Crippen molar-refractivity contribution in [2.45, 2.75) is 27.2 Å². The van der Waals surface area contributed by atoms with Crippen LogP contribution in [0.1, 0.15) is 25.4 Å². The number of carbonyl (C=O) groups is 1. The van der Waals surface area contributed by atoms with Crippen LogP contribution >= 0.6 is 11.3 Å². The lowest BCUT2D eigenvalue weighted by atomic mass is 10.2. The van der Waals surface area contributed by atoms with Crippen LogP contribution in [-0.4, -0.2) is 75.2 Å². The van der Waals surface area contributed by atoms with Crippen molar-refractivity contribution in [3.05, 3.63) is 52.7 Å². The molecule has 0 spiro atoms. The summed E-state index contributed by atoms with van der Waals surface area (Å²) in [5.41, 5.74) is 3.77. The number of piperazine rings is 1. The number of imidazole rings is 1. The Balaban J connectivity index is 1.59. The van der Waals surface area contributed by atoms with Gasteiger partial charge in [0.2, 0.25) is 0 Å². The number of rotatable bonds is 8. The van der Waals surface area contributed by atoms with Crippen LogP contribution in [-0.2, 0) is 11.2 Å². The molecule has 1 aliphatic heterocycles. The zero-order valence-electron chi connectivity index (χ0n) is 20.5. The first kappa shape index (κ1) is 24.9. The summed E-state index contributed by atoms with van der Waals surface area (Å²) in [4.78, 5) is 26.9. The Morgan fingerprint density at radius 2 is 1.89 bits per heavy atom. The first-order valence-electron chi connectivity index (χ1n) is 11.7. The smallest absolute Gasteiger partial charge is 0.317 e. The molecule has 1 N–H and O–H groups in total. The van der Waals surface area contributed by atoms with E-state index in [9.17, 15) is 9.18 Å². The molecular formula is C25H31FN6O2S. The van der Waals surface area contributed by atoms with E-state index in [0.29, 0.717) is 0 Å². The molecule has 0 amide bonds. The van der Waals surface area contributed by atoms with Gasteiger partial charge in [0.05, 0.1) is 17.9 Å². The number of anilines is 2. The van der Waals surface area contributed by atoms with Crippen LogP contribution in [0.4, 0.5) is 15.3 Å². The molecule has 186 valence electrons. The fourth-order valence-corrected chi connectivity index (χ4v) is 5.12. The topological polar surface area (TPSA) is 77.7 Å². The molecule has 0 bridgehead atoms. The summed E-state index contributed by atoms with van der Waals surface area (Å²) in [6, 6.07) is 6.37. The standard InChI is InChI=1S/C25H31FN6O2S/c1-5-21-24(29(4)25-28-22(16-35-25)19-6-8-20(26)9-7-19)32(18(3)27-21)14-17(2)31-12-10-30(11-13-31)15-23(33)34/h6-9,14,16H,5,10-13,15H2,1-4H3,(H,33,34)/b17-14+. The highest BCUT2D eigenvalue weighted by atomic mass is 32.1. The van der Waals surface area contributed by atoms with Gasteiger partial charge in [0.15, 0.2) is 5.13 Å². The lowest BCUT2D eigenvalue weighted by Crippen LogP contribution is -2.47. The van der Waals surface area contributed by atoms with Crippen LogP contribution in [0, 0.1) is 12.7 Å². The van der Waals surface area contributed by atoms with Crippen molar-refractivity contribution in [1.29, 1.82) is 0 Å². The van der Waals surface area contributed by atoms with Gasteiger partial charge in [-0.05, 0) is 44.5 Å². The third-order valence-corrected chi connectivity index (χ3v) is 7.17. The minimum Gasteiger partial charge on any atom is -0.480 e. The van der Waals surface area contributed by atoms with E-state index in [1.165, 1.54) is 23.5 Å². The highest BCUT2D eigenvalue weighted by Gasteiger charge is 2.22. The summed E-state index contributed by atoms with van der Waals surface area (Å²) in [7, 11) is 1.99. The van der Waals surface area contributed by atoms with E-state index >= 15 is 0 Å². The maximum atomic E-state index is 13.3. The first-order valence-corrected chi connectivity index (χ1v) is 12.5. The number of aliphatic carboxylic acids is 1. The second-order valence-corrected chi connectivity index (χ2v) is 9.50. The van der Waals surface area contributed by atoms with Gasteiger partial charge in [0.1, 0.15) is 17.5 Å². The molecule has 1 fully saturated rings. The number of thiazole rings is 1. The van der Waals surface area contributed by atoms with Crippen LogP contribution in [0.3, 0.4) is 0 Å². The molecule has 0 atom stereocenters. The van der Waals surface area contributed by atoms with Gasteiger partial charge in [-0.3, -0.25) is 14.3 Å². The molecule has 3 heterocycles. The number of nitrogens with zero attached hydrogens (tertiary/aromatic N) is 6. The molecule has 10 heteroatoms. The van der Waals surface area contributed by atoms with Gasteiger partial charge in [0.25, 0.3) is 0 Å². The first-order chi connectivity index (χ1) is 16.8. The Bertz CT molecular complexity index is 1210. The summed E-state index contributed by atoms with van der Waals surface area (Å²) < 4.78 is 15.4. The molecule has 2 aromatic heterocycles. The fourth-order valence-electron chi connectivity index (χ4n) is 4.32. The van der Waals surface area contributed by atoms with Gasteiger partial charge in [0, 0.05) is 56.1 Å². The Kier molecular flexibility index (Phi) is 7.51. The maximum absolute atomic E-state index is 13.3. The molecule has 0 saturated carbocycles. The molecule has 4 rings (SSSR count). The highest BCUT2D eigenvalue weighted by Crippen LogP contribution is 2.34. The minimum atomic E-state index is -0.788. The molecule has 1 aromatic carbocycles. The Morgan fingerprint density at radius 1 is 1.20 bits per heavy atom.